The van der Waals surface area contributed by atoms with Crippen LogP contribution < -0.4 is 10.9 Å². The van der Waals surface area contributed by atoms with Gasteiger partial charge >= 0.3 is 0 Å². The number of para-hydroxylation sites is 1. The number of rotatable bonds is 6. The van der Waals surface area contributed by atoms with Crippen LogP contribution in [0.2, 0.25) is 0 Å². The van der Waals surface area contributed by atoms with E-state index in [0.717, 1.165) is 16.5 Å². The molecule has 0 aliphatic rings. The smallest absolute Gasteiger partial charge is 0.261 e. The first-order valence-corrected chi connectivity index (χ1v) is 10.4. The Balaban J connectivity index is 1.73. The number of hydrogen-bond acceptors (Lipinski definition) is 4. The first-order chi connectivity index (χ1) is 14.0. The molecule has 0 spiro atoms. The van der Waals surface area contributed by atoms with E-state index in [4.69, 9.17) is 0 Å². The summed E-state index contributed by atoms with van der Waals surface area (Å²) in [7, 11) is 0. The Morgan fingerprint density at radius 3 is 2.79 bits per heavy atom. The summed E-state index contributed by atoms with van der Waals surface area (Å²) in [5, 5.41) is 6.04. The number of fused-ring (bicyclic) bond motifs is 1. The number of nitrogens with one attached hydrogen (secondary N) is 3. The van der Waals surface area contributed by atoms with Crippen molar-refractivity contribution in [3.63, 3.8) is 0 Å². The lowest BCUT2D eigenvalue weighted by Crippen LogP contribution is -2.31. The van der Waals surface area contributed by atoms with Crippen LogP contribution in [0.15, 0.2) is 58.8 Å². The van der Waals surface area contributed by atoms with Crippen molar-refractivity contribution in [2.45, 2.75) is 32.2 Å². The highest BCUT2D eigenvalue weighted by atomic mass is 32.1. The van der Waals surface area contributed by atoms with Gasteiger partial charge in [0.15, 0.2) is 0 Å². The van der Waals surface area contributed by atoms with Gasteiger partial charge in [-0.1, -0.05) is 38.1 Å². The number of carbonyl (C=O) groups excluding carboxylic acids is 1. The predicted octanol–water partition coefficient (Wildman–Crippen LogP) is 4.15. The number of benzene rings is 1. The first kappa shape index (κ1) is 19.1. The molecule has 0 saturated carbocycles. The molecule has 1 aromatic carbocycles. The Labute approximate surface area is 172 Å². The molecule has 1 atom stereocenters. The second kappa shape index (κ2) is 8.05. The van der Waals surface area contributed by atoms with Crippen molar-refractivity contribution in [2.75, 3.05) is 0 Å². The molecule has 7 heteroatoms. The summed E-state index contributed by atoms with van der Waals surface area (Å²) in [5.74, 6) is 0.518. The Kier molecular flexibility index (Phi) is 5.31. The number of thiophene rings is 1. The summed E-state index contributed by atoms with van der Waals surface area (Å²) in [6.45, 7) is 3.95. The van der Waals surface area contributed by atoms with Crippen molar-refractivity contribution < 1.29 is 4.79 Å². The monoisotopic (exact) mass is 406 g/mol. The molecule has 0 bridgehead atoms. The average Bonchev–Trinajstić information content (AvgIpc) is 3.37. The number of nitrogens with zero attached hydrogens (tertiary/aromatic N) is 1. The summed E-state index contributed by atoms with van der Waals surface area (Å²) in [6.07, 6.45) is 2.47. The van der Waals surface area contributed by atoms with Gasteiger partial charge in [0.1, 0.15) is 5.82 Å². The average molecular weight is 407 g/mol. The molecule has 148 valence electrons. The maximum absolute atomic E-state index is 12.8. The minimum absolute atomic E-state index is 0.0735. The molecule has 0 radical (unpaired) electrons. The van der Waals surface area contributed by atoms with Gasteiger partial charge in [-0.05, 0) is 23.1 Å². The second-order valence-electron chi connectivity index (χ2n) is 7.28. The van der Waals surface area contributed by atoms with Crippen LogP contribution >= 0.6 is 11.3 Å². The molecule has 4 rings (SSSR count). The van der Waals surface area contributed by atoms with Gasteiger partial charge in [-0.15, -0.1) is 11.3 Å². The molecular formula is C22H22N4O2S. The quantitative estimate of drug-likeness (QED) is 0.449. The number of aromatic nitrogens is 3. The van der Waals surface area contributed by atoms with E-state index in [-0.39, 0.29) is 17.4 Å². The van der Waals surface area contributed by atoms with Crippen LogP contribution in [-0.4, -0.2) is 20.9 Å². The van der Waals surface area contributed by atoms with E-state index in [0.29, 0.717) is 22.8 Å². The van der Waals surface area contributed by atoms with Crippen LogP contribution in [0, 0.1) is 0 Å². The third-order valence-electron chi connectivity index (χ3n) is 4.83. The van der Waals surface area contributed by atoms with Gasteiger partial charge in [-0.2, -0.15) is 0 Å². The number of H-pyrrole nitrogens is 2. The molecule has 0 aliphatic carbocycles. The van der Waals surface area contributed by atoms with Gasteiger partial charge in [0.2, 0.25) is 0 Å². The summed E-state index contributed by atoms with van der Waals surface area (Å²) >= 11 is 1.38. The summed E-state index contributed by atoms with van der Waals surface area (Å²) in [6, 6.07) is 12.7. The fourth-order valence-corrected chi connectivity index (χ4v) is 3.96. The Bertz CT molecular complexity index is 1190. The normalized spacial score (nSPS) is 12.4. The molecule has 0 saturated heterocycles. The van der Waals surface area contributed by atoms with Gasteiger partial charge in [0, 0.05) is 35.5 Å². The molecule has 0 unspecified atom stereocenters. The fourth-order valence-electron chi connectivity index (χ4n) is 3.33. The van der Waals surface area contributed by atoms with Crippen LogP contribution in [-0.2, 0) is 6.42 Å². The molecule has 4 aromatic rings. The topological polar surface area (TPSA) is 90.6 Å². The van der Waals surface area contributed by atoms with Crippen molar-refractivity contribution in [1.29, 1.82) is 0 Å². The Hall–Kier alpha value is -3.19. The standard InChI is InChI=1S/C22H22N4O2S/c1-13(2)21-24-18(11-20(27)26-21)17(25-22(28)19-8-5-9-29-19)10-14-12-23-16-7-4-3-6-15(14)16/h3-9,11-13,17,23H,10H2,1-2H3,(H,25,28)(H,24,26,27)/t17-/m1/s1. The molecule has 3 heterocycles. The zero-order valence-corrected chi connectivity index (χ0v) is 17.0. The van der Waals surface area contributed by atoms with Crippen molar-refractivity contribution in [1.82, 2.24) is 20.3 Å². The van der Waals surface area contributed by atoms with E-state index in [1.54, 1.807) is 6.07 Å². The third kappa shape index (κ3) is 4.14. The summed E-state index contributed by atoms with van der Waals surface area (Å²) in [5.41, 5.74) is 2.44. The molecule has 0 fully saturated rings. The van der Waals surface area contributed by atoms with Crippen molar-refractivity contribution in [3.8, 4) is 0 Å². The van der Waals surface area contributed by atoms with Crippen molar-refractivity contribution >= 4 is 28.1 Å². The maximum atomic E-state index is 12.8. The minimum atomic E-state index is -0.427. The minimum Gasteiger partial charge on any atom is -0.361 e. The van der Waals surface area contributed by atoms with Crippen LogP contribution in [0.3, 0.4) is 0 Å². The van der Waals surface area contributed by atoms with E-state index in [9.17, 15) is 9.59 Å². The van der Waals surface area contributed by atoms with Gasteiger partial charge in [-0.3, -0.25) is 9.59 Å². The molecule has 0 aliphatic heterocycles. The van der Waals surface area contributed by atoms with E-state index in [1.807, 2.05) is 55.8 Å². The van der Waals surface area contributed by atoms with E-state index in [1.165, 1.54) is 17.4 Å². The van der Waals surface area contributed by atoms with Gasteiger partial charge < -0.3 is 15.3 Å². The van der Waals surface area contributed by atoms with Crippen molar-refractivity contribution in [2.24, 2.45) is 0 Å². The van der Waals surface area contributed by atoms with Gasteiger partial charge in [0.05, 0.1) is 16.6 Å². The number of carbonyl (C=O) groups is 1. The third-order valence-corrected chi connectivity index (χ3v) is 5.70. The zero-order chi connectivity index (χ0) is 20.4. The van der Waals surface area contributed by atoms with Crippen LogP contribution in [0.25, 0.3) is 10.9 Å². The summed E-state index contributed by atoms with van der Waals surface area (Å²) < 4.78 is 0. The Morgan fingerprint density at radius 1 is 1.21 bits per heavy atom. The largest absolute Gasteiger partial charge is 0.361 e. The SMILES string of the molecule is CC(C)c1nc([C@@H](Cc2c[nH]c3ccccc23)NC(=O)c2cccs2)cc(=O)[nH]1. The lowest BCUT2D eigenvalue weighted by molar-refractivity contribution is 0.0939. The second-order valence-corrected chi connectivity index (χ2v) is 8.22. The van der Waals surface area contributed by atoms with Crippen LogP contribution in [0.1, 0.15) is 52.6 Å². The maximum Gasteiger partial charge on any atom is 0.261 e. The predicted molar refractivity (Wildman–Crippen MR) is 115 cm³/mol. The van der Waals surface area contributed by atoms with E-state index < -0.39 is 6.04 Å². The molecular weight excluding hydrogens is 384 g/mol. The molecule has 1 amide bonds. The lowest BCUT2D eigenvalue weighted by Gasteiger charge is -2.19. The highest BCUT2D eigenvalue weighted by Gasteiger charge is 2.21. The van der Waals surface area contributed by atoms with Crippen molar-refractivity contribution in [3.05, 3.63) is 86.4 Å². The number of aromatic amines is 2. The number of amides is 1. The fraction of sp³-hybridized carbons (Fsp3) is 0.227. The highest BCUT2D eigenvalue weighted by molar-refractivity contribution is 7.12. The molecule has 29 heavy (non-hydrogen) atoms. The molecule has 3 N–H and O–H groups in total. The van der Waals surface area contributed by atoms with Crippen LogP contribution in [0.4, 0.5) is 0 Å². The summed E-state index contributed by atoms with van der Waals surface area (Å²) in [4.78, 5) is 36.3. The highest BCUT2D eigenvalue weighted by Crippen LogP contribution is 2.24. The van der Waals surface area contributed by atoms with E-state index >= 15 is 0 Å². The first-order valence-electron chi connectivity index (χ1n) is 9.52. The molecule has 3 aromatic heterocycles. The van der Waals surface area contributed by atoms with Gasteiger partial charge in [0.25, 0.3) is 11.5 Å². The molecule has 6 nitrogen and oxygen atoms in total. The van der Waals surface area contributed by atoms with Crippen LogP contribution in [0.5, 0.6) is 0 Å². The van der Waals surface area contributed by atoms with Gasteiger partial charge in [-0.25, -0.2) is 4.98 Å². The van der Waals surface area contributed by atoms with E-state index in [2.05, 4.69) is 20.3 Å². The lowest BCUT2D eigenvalue weighted by atomic mass is 10.0. The number of hydrogen-bond donors (Lipinski definition) is 3. The Morgan fingerprint density at radius 2 is 2.03 bits per heavy atom. The zero-order valence-electron chi connectivity index (χ0n) is 16.2.